The Balaban J connectivity index is 2.52. The van der Waals surface area contributed by atoms with Gasteiger partial charge < -0.3 is 5.32 Å². The SMILES string of the molecule is CC(C)NC(=O)C=Cc1cc[c]cc1. The minimum Gasteiger partial charge on any atom is -0.350 e. The molecule has 0 saturated heterocycles. The van der Waals surface area contributed by atoms with E-state index in [0.29, 0.717) is 0 Å². The molecular formula is C12H14NO. The van der Waals surface area contributed by atoms with E-state index in [2.05, 4.69) is 11.4 Å². The molecule has 0 spiro atoms. The van der Waals surface area contributed by atoms with Crippen molar-refractivity contribution in [1.29, 1.82) is 0 Å². The fourth-order valence-corrected chi connectivity index (χ4v) is 1.02. The van der Waals surface area contributed by atoms with Gasteiger partial charge in [0.1, 0.15) is 0 Å². The normalized spacial score (nSPS) is 10.8. The molecule has 0 aliphatic carbocycles. The molecule has 0 atom stereocenters. The number of carbonyl (C=O) groups excluding carboxylic acids is 1. The van der Waals surface area contributed by atoms with Crippen LogP contribution in [0.25, 0.3) is 6.08 Å². The van der Waals surface area contributed by atoms with E-state index in [1.807, 2.05) is 38.1 Å². The van der Waals surface area contributed by atoms with Crippen LogP contribution in [0.2, 0.25) is 0 Å². The molecule has 0 unspecified atom stereocenters. The van der Waals surface area contributed by atoms with Crippen molar-refractivity contribution in [2.24, 2.45) is 0 Å². The molecule has 1 amide bonds. The highest BCUT2D eigenvalue weighted by molar-refractivity contribution is 5.91. The van der Waals surface area contributed by atoms with E-state index in [1.165, 1.54) is 6.08 Å². The van der Waals surface area contributed by atoms with Gasteiger partial charge in [-0.2, -0.15) is 0 Å². The van der Waals surface area contributed by atoms with E-state index in [-0.39, 0.29) is 11.9 Å². The van der Waals surface area contributed by atoms with Crippen LogP contribution in [0.4, 0.5) is 0 Å². The van der Waals surface area contributed by atoms with Crippen molar-refractivity contribution in [2.75, 3.05) is 0 Å². The van der Waals surface area contributed by atoms with Gasteiger partial charge in [0.15, 0.2) is 0 Å². The molecule has 0 heterocycles. The van der Waals surface area contributed by atoms with Crippen LogP contribution in [-0.2, 0) is 4.79 Å². The summed E-state index contributed by atoms with van der Waals surface area (Å²) in [6.07, 6.45) is 3.32. The maximum atomic E-state index is 11.2. The van der Waals surface area contributed by atoms with Crippen molar-refractivity contribution < 1.29 is 4.79 Å². The van der Waals surface area contributed by atoms with Crippen LogP contribution >= 0.6 is 0 Å². The summed E-state index contributed by atoms with van der Waals surface area (Å²) in [5, 5.41) is 2.78. The molecule has 2 nitrogen and oxygen atoms in total. The van der Waals surface area contributed by atoms with E-state index in [9.17, 15) is 4.79 Å². The maximum Gasteiger partial charge on any atom is 0.244 e. The summed E-state index contributed by atoms with van der Waals surface area (Å²) in [6.45, 7) is 3.87. The van der Waals surface area contributed by atoms with Crippen LogP contribution < -0.4 is 5.32 Å². The minimum atomic E-state index is -0.0622. The van der Waals surface area contributed by atoms with E-state index in [0.717, 1.165) is 5.56 Å². The monoisotopic (exact) mass is 188 g/mol. The van der Waals surface area contributed by atoms with Gasteiger partial charge in [-0.05, 0) is 31.6 Å². The number of hydrogen-bond donors (Lipinski definition) is 1. The van der Waals surface area contributed by atoms with Gasteiger partial charge in [0.2, 0.25) is 5.91 Å². The topological polar surface area (TPSA) is 29.1 Å². The molecular weight excluding hydrogens is 174 g/mol. The average molecular weight is 188 g/mol. The molecule has 1 aromatic rings. The Morgan fingerprint density at radius 3 is 2.64 bits per heavy atom. The molecule has 0 fully saturated rings. The Bertz CT molecular complexity index is 314. The van der Waals surface area contributed by atoms with Crippen LogP contribution in [0, 0.1) is 6.07 Å². The second-order valence-electron chi connectivity index (χ2n) is 3.33. The Morgan fingerprint density at radius 1 is 1.43 bits per heavy atom. The molecule has 14 heavy (non-hydrogen) atoms. The summed E-state index contributed by atoms with van der Waals surface area (Å²) in [4.78, 5) is 11.2. The minimum absolute atomic E-state index is 0.0622. The zero-order chi connectivity index (χ0) is 10.4. The fourth-order valence-electron chi connectivity index (χ4n) is 1.02. The smallest absolute Gasteiger partial charge is 0.244 e. The van der Waals surface area contributed by atoms with E-state index >= 15 is 0 Å². The molecule has 0 saturated carbocycles. The lowest BCUT2D eigenvalue weighted by atomic mass is 10.2. The molecule has 2 heteroatoms. The highest BCUT2D eigenvalue weighted by atomic mass is 16.1. The standard InChI is InChI=1S/C12H14NO/c1-10(2)13-12(14)9-8-11-6-4-3-5-7-11/h4-10H,1-2H3,(H,13,14). The van der Waals surface area contributed by atoms with Crippen LogP contribution in [-0.4, -0.2) is 11.9 Å². The average Bonchev–Trinajstić information content (AvgIpc) is 2.15. The third-order valence-electron chi connectivity index (χ3n) is 1.60. The van der Waals surface area contributed by atoms with E-state index in [4.69, 9.17) is 0 Å². The number of nitrogens with one attached hydrogen (secondary N) is 1. The Morgan fingerprint density at radius 2 is 2.07 bits per heavy atom. The first-order valence-corrected chi connectivity index (χ1v) is 4.63. The predicted molar refractivity (Wildman–Crippen MR) is 57.6 cm³/mol. The van der Waals surface area contributed by atoms with Crippen molar-refractivity contribution in [3.05, 3.63) is 42.0 Å². The van der Waals surface area contributed by atoms with Gasteiger partial charge in [0.25, 0.3) is 0 Å². The molecule has 0 aliphatic heterocycles. The first kappa shape index (κ1) is 10.5. The van der Waals surface area contributed by atoms with Gasteiger partial charge in [0, 0.05) is 12.1 Å². The van der Waals surface area contributed by atoms with E-state index < -0.39 is 0 Å². The number of amides is 1. The maximum absolute atomic E-state index is 11.2. The molecule has 0 bridgehead atoms. The van der Waals surface area contributed by atoms with Crippen molar-refractivity contribution in [3.8, 4) is 0 Å². The Kier molecular flexibility index (Phi) is 3.92. The van der Waals surface area contributed by atoms with Gasteiger partial charge in [-0.1, -0.05) is 24.3 Å². The number of hydrogen-bond acceptors (Lipinski definition) is 1. The lowest BCUT2D eigenvalue weighted by Crippen LogP contribution is -2.28. The quantitative estimate of drug-likeness (QED) is 0.722. The molecule has 0 aliphatic rings. The third kappa shape index (κ3) is 3.90. The molecule has 0 aromatic heterocycles. The van der Waals surface area contributed by atoms with Gasteiger partial charge in [-0.15, -0.1) is 0 Å². The number of rotatable bonds is 3. The van der Waals surface area contributed by atoms with Crippen LogP contribution in [0.3, 0.4) is 0 Å². The zero-order valence-corrected chi connectivity index (χ0v) is 8.45. The molecule has 1 aromatic carbocycles. The largest absolute Gasteiger partial charge is 0.350 e. The van der Waals surface area contributed by atoms with Crippen LogP contribution in [0.5, 0.6) is 0 Å². The number of carbonyl (C=O) groups is 1. The first-order valence-electron chi connectivity index (χ1n) is 4.63. The summed E-state index contributed by atoms with van der Waals surface area (Å²) in [5.74, 6) is -0.0622. The highest BCUT2D eigenvalue weighted by Crippen LogP contribution is 1.99. The summed E-state index contributed by atoms with van der Waals surface area (Å²) in [7, 11) is 0. The van der Waals surface area contributed by atoms with Gasteiger partial charge in [-0.3, -0.25) is 4.79 Å². The zero-order valence-electron chi connectivity index (χ0n) is 8.45. The first-order chi connectivity index (χ1) is 6.68. The van der Waals surface area contributed by atoms with Gasteiger partial charge in [-0.25, -0.2) is 0 Å². The lowest BCUT2D eigenvalue weighted by Gasteiger charge is -2.03. The fraction of sp³-hybridized carbons (Fsp3) is 0.250. The van der Waals surface area contributed by atoms with Crippen molar-refractivity contribution in [2.45, 2.75) is 19.9 Å². The molecule has 73 valence electrons. The van der Waals surface area contributed by atoms with Gasteiger partial charge >= 0.3 is 0 Å². The lowest BCUT2D eigenvalue weighted by molar-refractivity contribution is -0.116. The summed E-state index contributed by atoms with van der Waals surface area (Å²) < 4.78 is 0. The number of benzene rings is 1. The summed E-state index contributed by atoms with van der Waals surface area (Å²) >= 11 is 0. The van der Waals surface area contributed by atoms with Crippen LogP contribution in [0.15, 0.2) is 30.3 Å². The second kappa shape index (κ2) is 5.22. The molecule has 1 N–H and O–H groups in total. The van der Waals surface area contributed by atoms with Crippen molar-refractivity contribution in [3.63, 3.8) is 0 Å². The van der Waals surface area contributed by atoms with Crippen LogP contribution in [0.1, 0.15) is 19.4 Å². The second-order valence-corrected chi connectivity index (χ2v) is 3.33. The van der Waals surface area contributed by atoms with E-state index in [1.54, 1.807) is 6.08 Å². The summed E-state index contributed by atoms with van der Waals surface area (Å²) in [6, 6.07) is 10.5. The van der Waals surface area contributed by atoms with Crippen molar-refractivity contribution in [1.82, 2.24) is 5.32 Å². The Hall–Kier alpha value is -1.57. The molecule has 1 radical (unpaired) electrons. The highest BCUT2D eigenvalue weighted by Gasteiger charge is 1.96. The van der Waals surface area contributed by atoms with Gasteiger partial charge in [0.05, 0.1) is 0 Å². The summed E-state index contributed by atoms with van der Waals surface area (Å²) in [5.41, 5.74) is 1.00. The third-order valence-corrected chi connectivity index (χ3v) is 1.60. The van der Waals surface area contributed by atoms with Crippen molar-refractivity contribution >= 4 is 12.0 Å². The Labute approximate surface area is 84.6 Å². The predicted octanol–water partition coefficient (Wildman–Crippen LogP) is 2.02. The molecule has 1 rings (SSSR count).